The van der Waals surface area contributed by atoms with Gasteiger partial charge in [0.25, 0.3) is 5.91 Å². The van der Waals surface area contributed by atoms with Gasteiger partial charge in [0.1, 0.15) is 0 Å². The fourth-order valence-corrected chi connectivity index (χ4v) is 3.23. The number of carbonyl (C=O) groups is 2. The number of rotatable bonds is 3. The maximum absolute atomic E-state index is 12.4. The summed E-state index contributed by atoms with van der Waals surface area (Å²) < 4.78 is 34.3. The number of halogens is 4. The molecule has 1 unspecified atom stereocenters. The van der Waals surface area contributed by atoms with Gasteiger partial charge >= 0.3 is 12.1 Å². The minimum Gasteiger partial charge on any atom is -0.475 e. The number of amides is 1. The van der Waals surface area contributed by atoms with Crippen LogP contribution in [0.25, 0.3) is 5.69 Å². The fourth-order valence-electron chi connectivity index (χ4n) is 2.77. The molecule has 1 aliphatic rings. The topological polar surface area (TPSA) is 100 Å². The highest BCUT2D eigenvalue weighted by Crippen LogP contribution is 2.19. The normalized spacial score (nSPS) is 17.4. The van der Waals surface area contributed by atoms with E-state index in [4.69, 9.17) is 9.90 Å². The Morgan fingerprint density at radius 3 is 2.53 bits per heavy atom. The molecule has 1 fully saturated rings. The van der Waals surface area contributed by atoms with Gasteiger partial charge in [-0.25, -0.2) is 9.48 Å². The molecule has 2 heterocycles. The molecule has 12 heteroatoms. The number of likely N-dealkylation sites (tertiary alicyclic amines) is 1. The van der Waals surface area contributed by atoms with Crippen molar-refractivity contribution in [2.45, 2.75) is 31.5 Å². The van der Waals surface area contributed by atoms with Crippen molar-refractivity contribution in [1.29, 1.82) is 0 Å². The Bertz CT molecular complexity index is 875. The highest BCUT2D eigenvalue weighted by atomic mass is 79.9. The Labute approximate surface area is 179 Å². The zero-order valence-corrected chi connectivity index (χ0v) is 17.7. The summed E-state index contributed by atoms with van der Waals surface area (Å²) in [6.45, 7) is 2.10. The average Bonchev–Trinajstić information content (AvgIpc) is 3.07. The van der Waals surface area contributed by atoms with E-state index in [1.165, 1.54) is 0 Å². The van der Waals surface area contributed by atoms with E-state index in [0.29, 0.717) is 5.69 Å². The van der Waals surface area contributed by atoms with Crippen LogP contribution >= 0.6 is 15.9 Å². The van der Waals surface area contributed by atoms with Gasteiger partial charge in [0, 0.05) is 10.5 Å². The molecule has 3 rings (SSSR count). The Balaban J connectivity index is 0.000000396. The molecule has 2 N–H and O–H groups in total. The third-order valence-corrected chi connectivity index (χ3v) is 5.03. The number of carboxylic acid groups (broad SMARTS) is 1. The first-order chi connectivity index (χ1) is 14.1. The van der Waals surface area contributed by atoms with Crippen LogP contribution in [0.15, 0.2) is 34.9 Å². The molecule has 1 amide bonds. The smallest absolute Gasteiger partial charge is 0.475 e. The summed E-state index contributed by atoms with van der Waals surface area (Å²) >= 11 is 3.48. The second-order valence-electron chi connectivity index (χ2n) is 6.71. The standard InChI is InChI=1S/C16H20BrN5O.C2HF3O2/c1-21-9-4-5-12(8-10-21)18-16(23)14-11-22(20-19-14)15-7-3-2-6-13(15)17;3-2(4,5)1(6)7/h2-3,6-7,11-12H,4-5,8-10H2,1H3,(H,18,23);(H,6,7). The summed E-state index contributed by atoms with van der Waals surface area (Å²) in [5.74, 6) is -2.91. The molecule has 0 bridgehead atoms. The van der Waals surface area contributed by atoms with Crippen LogP contribution in [0.3, 0.4) is 0 Å². The molecule has 1 atom stereocenters. The zero-order chi connectivity index (χ0) is 22.3. The predicted octanol–water partition coefficient (Wildman–Crippen LogP) is 2.88. The van der Waals surface area contributed by atoms with E-state index in [1.54, 1.807) is 10.9 Å². The van der Waals surface area contributed by atoms with Crippen LogP contribution in [0.2, 0.25) is 0 Å². The number of carboxylic acids is 1. The van der Waals surface area contributed by atoms with E-state index >= 15 is 0 Å². The Morgan fingerprint density at radius 2 is 1.90 bits per heavy atom. The first-order valence-corrected chi connectivity index (χ1v) is 9.84. The van der Waals surface area contributed by atoms with Crippen LogP contribution in [0.4, 0.5) is 13.2 Å². The van der Waals surface area contributed by atoms with Crippen LogP contribution in [-0.2, 0) is 4.79 Å². The minimum absolute atomic E-state index is 0.155. The quantitative estimate of drug-likeness (QED) is 0.684. The molecule has 1 saturated heterocycles. The summed E-state index contributed by atoms with van der Waals surface area (Å²) in [6, 6.07) is 7.91. The SMILES string of the molecule is CN1CCCC(NC(=O)c2cn(-c3ccccc3Br)nn2)CC1.O=C(O)C(F)(F)F. The summed E-state index contributed by atoms with van der Waals surface area (Å²) in [6.07, 6.45) is -0.335. The molecule has 1 aliphatic heterocycles. The largest absolute Gasteiger partial charge is 0.490 e. The molecule has 0 radical (unpaired) electrons. The van der Waals surface area contributed by atoms with Crippen molar-refractivity contribution < 1.29 is 27.9 Å². The molecule has 8 nitrogen and oxygen atoms in total. The predicted molar refractivity (Wildman–Crippen MR) is 105 cm³/mol. The van der Waals surface area contributed by atoms with Crippen molar-refractivity contribution in [2.75, 3.05) is 20.1 Å². The van der Waals surface area contributed by atoms with Crippen molar-refractivity contribution in [3.8, 4) is 5.69 Å². The van der Waals surface area contributed by atoms with Crippen LogP contribution in [0, 0.1) is 0 Å². The van der Waals surface area contributed by atoms with Gasteiger partial charge in [-0.1, -0.05) is 17.3 Å². The first-order valence-electron chi connectivity index (χ1n) is 9.04. The lowest BCUT2D eigenvalue weighted by Crippen LogP contribution is -2.35. The molecule has 0 saturated carbocycles. The molecule has 30 heavy (non-hydrogen) atoms. The van der Waals surface area contributed by atoms with Gasteiger partial charge in [0.2, 0.25) is 0 Å². The third-order valence-electron chi connectivity index (χ3n) is 4.35. The lowest BCUT2D eigenvalue weighted by Gasteiger charge is -2.15. The highest BCUT2D eigenvalue weighted by Gasteiger charge is 2.38. The maximum atomic E-state index is 12.4. The molecular formula is C18H21BrF3N5O3. The number of aliphatic carboxylic acids is 1. The number of nitrogens with one attached hydrogen (secondary N) is 1. The second-order valence-corrected chi connectivity index (χ2v) is 7.56. The van der Waals surface area contributed by atoms with Crippen molar-refractivity contribution >= 4 is 27.8 Å². The number of hydrogen-bond donors (Lipinski definition) is 2. The lowest BCUT2D eigenvalue weighted by molar-refractivity contribution is -0.192. The average molecular weight is 492 g/mol. The summed E-state index contributed by atoms with van der Waals surface area (Å²) in [7, 11) is 2.12. The summed E-state index contributed by atoms with van der Waals surface area (Å²) in [4.78, 5) is 23.6. The number of hydrogen-bond acceptors (Lipinski definition) is 5. The van der Waals surface area contributed by atoms with E-state index in [2.05, 4.69) is 43.5 Å². The van der Waals surface area contributed by atoms with Gasteiger partial charge in [-0.15, -0.1) is 5.10 Å². The monoisotopic (exact) mass is 491 g/mol. The van der Waals surface area contributed by atoms with Crippen molar-refractivity contribution in [2.24, 2.45) is 0 Å². The van der Waals surface area contributed by atoms with Gasteiger partial charge in [-0.2, -0.15) is 13.2 Å². The Morgan fingerprint density at radius 1 is 1.23 bits per heavy atom. The summed E-state index contributed by atoms with van der Waals surface area (Å²) in [5, 5.41) is 18.3. The fraction of sp³-hybridized carbons (Fsp3) is 0.444. The minimum atomic E-state index is -5.08. The van der Waals surface area contributed by atoms with E-state index in [0.717, 1.165) is 42.5 Å². The van der Waals surface area contributed by atoms with Gasteiger partial charge in [0.05, 0.1) is 11.9 Å². The molecule has 164 valence electrons. The van der Waals surface area contributed by atoms with Gasteiger partial charge < -0.3 is 15.3 Å². The van der Waals surface area contributed by atoms with Crippen LogP contribution in [-0.4, -0.2) is 69.2 Å². The Kier molecular flexibility index (Phi) is 8.35. The van der Waals surface area contributed by atoms with Gasteiger partial charge in [-0.05, 0) is 67.5 Å². The van der Waals surface area contributed by atoms with E-state index < -0.39 is 12.1 Å². The van der Waals surface area contributed by atoms with Crippen molar-refractivity contribution in [3.05, 3.63) is 40.6 Å². The highest BCUT2D eigenvalue weighted by molar-refractivity contribution is 9.10. The van der Waals surface area contributed by atoms with Gasteiger partial charge in [0.15, 0.2) is 5.69 Å². The molecule has 0 spiro atoms. The lowest BCUT2D eigenvalue weighted by atomic mass is 10.1. The second kappa shape index (κ2) is 10.5. The third kappa shape index (κ3) is 7.10. The molecular weight excluding hydrogens is 471 g/mol. The number of alkyl halides is 3. The molecule has 1 aromatic carbocycles. The number of benzene rings is 1. The van der Waals surface area contributed by atoms with E-state index in [1.807, 2.05) is 24.3 Å². The first kappa shape index (κ1) is 23.8. The van der Waals surface area contributed by atoms with E-state index in [9.17, 15) is 18.0 Å². The Hall–Kier alpha value is -2.47. The molecule has 0 aliphatic carbocycles. The zero-order valence-electron chi connectivity index (χ0n) is 16.1. The number of carbonyl (C=O) groups excluding carboxylic acids is 1. The summed E-state index contributed by atoms with van der Waals surface area (Å²) in [5.41, 5.74) is 1.20. The van der Waals surface area contributed by atoms with Crippen LogP contribution in [0.1, 0.15) is 29.8 Å². The van der Waals surface area contributed by atoms with Crippen LogP contribution < -0.4 is 5.32 Å². The number of aromatic nitrogens is 3. The van der Waals surface area contributed by atoms with E-state index in [-0.39, 0.29) is 11.9 Å². The number of para-hydroxylation sites is 1. The van der Waals surface area contributed by atoms with Crippen LogP contribution in [0.5, 0.6) is 0 Å². The molecule has 1 aromatic heterocycles. The maximum Gasteiger partial charge on any atom is 0.490 e. The van der Waals surface area contributed by atoms with Gasteiger partial charge in [-0.3, -0.25) is 4.79 Å². The molecule has 2 aromatic rings. The van der Waals surface area contributed by atoms with Crippen molar-refractivity contribution in [1.82, 2.24) is 25.2 Å². The van der Waals surface area contributed by atoms with Crippen molar-refractivity contribution in [3.63, 3.8) is 0 Å². The number of nitrogens with zero attached hydrogens (tertiary/aromatic N) is 4.